The van der Waals surface area contributed by atoms with E-state index in [1.807, 2.05) is 0 Å². The van der Waals surface area contributed by atoms with Gasteiger partial charge in [0.15, 0.2) is 0 Å². The van der Waals surface area contributed by atoms with Gasteiger partial charge < -0.3 is 0 Å². The molecule has 68 valence electrons. The standard InChI is InChI=1S/C9H21BrSi/c1-4-5-6-7-8-9(10)11(2)3/h9,11H,4-8H2,1-3H3. The van der Waals surface area contributed by atoms with Crippen molar-refractivity contribution in [1.29, 1.82) is 0 Å². The zero-order valence-corrected chi connectivity index (χ0v) is 10.8. The molecule has 0 aromatic heterocycles. The van der Waals surface area contributed by atoms with Gasteiger partial charge in [0.1, 0.15) is 0 Å². The molecule has 0 saturated carbocycles. The molecule has 0 bridgehead atoms. The SMILES string of the molecule is CCCCCCC(Br)[SiH](C)C. The molecule has 0 aliphatic rings. The maximum atomic E-state index is 3.76. The maximum absolute atomic E-state index is 3.76. The van der Waals surface area contributed by atoms with Crippen molar-refractivity contribution in [1.82, 2.24) is 0 Å². The minimum Gasteiger partial charge on any atom is -0.0929 e. The molecule has 0 saturated heterocycles. The highest BCUT2D eigenvalue weighted by Gasteiger charge is 2.08. The van der Waals surface area contributed by atoms with Gasteiger partial charge in [-0.3, -0.25) is 0 Å². The quantitative estimate of drug-likeness (QED) is 0.375. The molecule has 0 rings (SSSR count). The van der Waals surface area contributed by atoms with E-state index in [4.69, 9.17) is 0 Å². The highest BCUT2D eigenvalue weighted by atomic mass is 79.9. The van der Waals surface area contributed by atoms with Crippen LogP contribution in [0.5, 0.6) is 0 Å². The van der Waals surface area contributed by atoms with Gasteiger partial charge in [-0.2, -0.15) is 0 Å². The molecule has 11 heavy (non-hydrogen) atoms. The summed E-state index contributed by atoms with van der Waals surface area (Å²) in [6.07, 6.45) is 7.03. The van der Waals surface area contributed by atoms with Gasteiger partial charge in [0.2, 0.25) is 0 Å². The third-order valence-corrected chi connectivity index (χ3v) is 7.47. The van der Waals surface area contributed by atoms with Gasteiger partial charge in [-0.05, 0) is 6.42 Å². The Labute approximate surface area is 81.5 Å². The van der Waals surface area contributed by atoms with Crippen LogP contribution >= 0.6 is 15.9 Å². The van der Waals surface area contributed by atoms with E-state index in [1.165, 1.54) is 32.1 Å². The number of hydrogen-bond donors (Lipinski definition) is 0. The van der Waals surface area contributed by atoms with Gasteiger partial charge in [0.25, 0.3) is 0 Å². The van der Waals surface area contributed by atoms with Crippen molar-refractivity contribution >= 4 is 24.7 Å². The van der Waals surface area contributed by atoms with Crippen molar-refractivity contribution < 1.29 is 0 Å². The second-order valence-electron chi connectivity index (χ2n) is 3.61. The summed E-state index contributed by atoms with van der Waals surface area (Å²) < 4.78 is 0.874. The van der Waals surface area contributed by atoms with Crippen molar-refractivity contribution in [2.75, 3.05) is 0 Å². The zero-order valence-electron chi connectivity index (χ0n) is 8.07. The number of hydrogen-bond acceptors (Lipinski definition) is 0. The first-order valence-corrected chi connectivity index (χ1v) is 8.71. The largest absolute Gasteiger partial charge is 0.0929 e. The van der Waals surface area contributed by atoms with Gasteiger partial charge in [-0.1, -0.05) is 61.6 Å². The molecule has 0 aliphatic heterocycles. The van der Waals surface area contributed by atoms with Crippen molar-refractivity contribution in [3.63, 3.8) is 0 Å². The summed E-state index contributed by atoms with van der Waals surface area (Å²) >= 11 is 3.76. The van der Waals surface area contributed by atoms with Crippen LogP contribution in [-0.2, 0) is 0 Å². The number of alkyl halides is 1. The van der Waals surface area contributed by atoms with Crippen LogP contribution in [0.1, 0.15) is 39.0 Å². The van der Waals surface area contributed by atoms with E-state index in [0.717, 1.165) is 4.45 Å². The predicted octanol–water partition coefficient (Wildman–Crippen LogP) is 3.75. The Balaban J connectivity index is 3.10. The molecular weight excluding hydrogens is 216 g/mol. The maximum Gasteiger partial charge on any atom is 0.0465 e. The van der Waals surface area contributed by atoms with Gasteiger partial charge in [-0.25, -0.2) is 0 Å². The lowest BCUT2D eigenvalue weighted by atomic mass is 10.2. The minimum absolute atomic E-state index is 0.400. The summed E-state index contributed by atoms with van der Waals surface area (Å²) in [4.78, 5) is 0. The van der Waals surface area contributed by atoms with E-state index in [2.05, 4.69) is 35.9 Å². The monoisotopic (exact) mass is 236 g/mol. The van der Waals surface area contributed by atoms with Crippen LogP contribution in [0.4, 0.5) is 0 Å². The van der Waals surface area contributed by atoms with Crippen molar-refractivity contribution in [3.05, 3.63) is 0 Å². The first kappa shape index (κ1) is 11.7. The van der Waals surface area contributed by atoms with Crippen LogP contribution in [0, 0.1) is 0 Å². The summed E-state index contributed by atoms with van der Waals surface area (Å²) in [6, 6.07) is 0. The van der Waals surface area contributed by atoms with Gasteiger partial charge >= 0.3 is 0 Å². The molecule has 0 nitrogen and oxygen atoms in total. The van der Waals surface area contributed by atoms with Gasteiger partial charge in [-0.15, -0.1) is 0 Å². The van der Waals surface area contributed by atoms with Gasteiger partial charge in [0, 0.05) is 13.2 Å². The van der Waals surface area contributed by atoms with Crippen molar-refractivity contribution in [2.45, 2.75) is 56.6 Å². The van der Waals surface area contributed by atoms with Crippen LogP contribution in [0.3, 0.4) is 0 Å². The molecule has 0 spiro atoms. The highest BCUT2D eigenvalue weighted by molar-refractivity contribution is 9.10. The highest BCUT2D eigenvalue weighted by Crippen LogP contribution is 2.14. The third kappa shape index (κ3) is 7.07. The molecule has 0 aliphatic carbocycles. The van der Waals surface area contributed by atoms with E-state index in [-0.39, 0.29) is 0 Å². The lowest BCUT2D eigenvalue weighted by Gasteiger charge is -2.11. The molecule has 0 heterocycles. The number of unbranched alkanes of at least 4 members (excludes halogenated alkanes) is 3. The molecule has 0 amide bonds. The van der Waals surface area contributed by atoms with E-state index in [0.29, 0.717) is 0 Å². The average Bonchev–Trinajstić information content (AvgIpc) is 1.97. The van der Waals surface area contributed by atoms with Crippen molar-refractivity contribution in [3.8, 4) is 0 Å². The fourth-order valence-electron chi connectivity index (χ4n) is 1.10. The zero-order chi connectivity index (χ0) is 8.69. The Bertz CT molecular complexity index is 83.6. The molecular formula is C9H21BrSi. The van der Waals surface area contributed by atoms with E-state index < -0.39 is 8.80 Å². The lowest BCUT2D eigenvalue weighted by molar-refractivity contribution is 0.651. The van der Waals surface area contributed by atoms with Crippen LogP contribution in [0.15, 0.2) is 0 Å². The molecule has 1 unspecified atom stereocenters. The fraction of sp³-hybridized carbons (Fsp3) is 1.00. The topological polar surface area (TPSA) is 0 Å². The first-order chi connectivity index (χ1) is 5.18. The Hall–Kier alpha value is 0.697. The van der Waals surface area contributed by atoms with E-state index >= 15 is 0 Å². The van der Waals surface area contributed by atoms with E-state index in [1.54, 1.807) is 0 Å². The lowest BCUT2D eigenvalue weighted by Crippen LogP contribution is -2.17. The van der Waals surface area contributed by atoms with E-state index in [9.17, 15) is 0 Å². The number of rotatable bonds is 6. The molecule has 0 aromatic carbocycles. The minimum atomic E-state index is -0.400. The fourth-order valence-corrected chi connectivity index (χ4v) is 2.33. The van der Waals surface area contributed by atoms with Crippen LogP contribution in [0.2, 0.25) is 13.1 Å². The second kappa shape index (κ2) is 7.35. The van der Waals surface area contributed by atoms with Crippen molar-refractivity contribution in [2.24, 2.45) is 0 Å². The third-order valence-electron chi connectivity index (χ3n) is 2.06. The smallest absolute Gasteiger partial charge is 0.0465 e. The summed E-state index contributed by atoms with van der Waals surface area (Å²) in [7, 11) is -0.400. The summed E-state index contributed by atoms with van der Waals surface area (Å²) in [5.41, 5.74) is 0. The Morgan fingerprint density at radius 2 is 1.82 bits per heavy atom. The van der Waals surface area contributed by atoms with Gasteiger partial charge in [0.05, 0.1) is 0 Å². The average molecular weight is 237 g/mol. The molecule has 0 aromatic rings. The molecule has 2 heteroatoms. The summed E-state index contributed by atoms with van der Waals surface area (Å²) in [6.45, 7) is 7.10. The Kier molecular flexibility index (Phi) is 7.82. The number of halogens is 1. The predicted molar refractivity (Wildman–Crippen MR) is 60.4 cm³/mol. The molecule has 0 fully saturated rings. The second-order valence-corrected chi connectivity index (χ2v) is 9.05. The summed E-state index contributed by atoms with van der Waals surface area (Å²) in [5, 5.41) is 0. The van der Waals surface area contributed by atoms with Crippen LogP contribution < -0.4 is 0 Å². The molecule has 1 atom stereocenters. The molecule has 0 radical (unpaired) electrons. The Morgan fingerprint density at radius 1 is 1.18 bits per heavy atom. The first-order valence-electron chi connectivity index (χ1n) is 4.82. The van der Waals surface area contributed by atoms with Crippen LogP contribution in [-0.4, -0.2) is 13.2 Å². The summed E-state index contributed by atoms with van der Waals surface area (Å²) in [5.74, 6) is 0. The molecule has 0 N–H and O–H groups in total. The Morgan fingerprint density at radius 3 is 2.27 bits per heavy atom. The van der Waals surface area contributed by atoms with Crippen LogP contribution in [0.25, 0.3) is 0 Å². The normalized spacial score (nSPS) is 13.9.